The zero-order valence-corrected chi connectivity index (χ0v) is 12.1. The molecule has 0 aliphatic heterocycles. The number of para-hydroxylation sites is 1. The summed E-state index contributed by atoms with van der Waals surface area (Å²) in [5.41, 5.74) is 0.504. The summed E-state index contributed by atoms with van der Waals surface area (Å²) in [7, 11) is 0. The van der Waals surface area contributed by atoms with Gasteiger partial charge in [-0.15, -0.1) is 11.3 Å². The molecule has 110 valence electrons. The van der Waals surface area contributed by atoms with Gasteiger partial charge >= 0.3 is 5.97 Å². The van der Waals surface area contributed by atoms with E-state index >= 15 is 0 Å². The van der Waals surface area contributed by atoms with Crippen LogP contribution in [-0.4, -0.2) is 27.1 Å². The topological polar surface area (TPSA) is 99.5 Å². The SMILES string of the molecule is CC(NC(=O)Cc1ccccc1O)c1nc(C(=O)O)cs1. The van der Waals surface area contributed by atoms with Crippen LogP contribution in [0.5, 0.6) is 5.75 Å². The lowest BCUT2D eigenvalue weighted by Gasteiger charge is -2.11. The fourth-order valence-corrected chi connectivity index (χ4v) is 2.57. The molecule has 1 aromatic carbocycles. The molecule has 1 unspecified atom stereocenters. The van der Waals surface area contributed by atoms with Crippen molar-refractivity contribution in [2.75, 3.05) is 0 Å². The summed E-state index contributed by atoms with van der Waals surface area (Å²) >= 11 is 1.18. The van der Waals surface area contributed by atoms with Gasteiger partial charge in [0.2, 0.25) is 5.91 Å². The van der Waals surface area contributed by atoms with E-state index in [2.05, 4.69) is 10.3 Å². The van der Waals surface area contributed by atoms with Crippen LogP contribution in [0.4, 0.5) is 0 Å². The summed E-state index contributed by atoms with van der Waals surface area (Å²) in [5.74, 6) is -1.29. The maximum atomic E-state index is 11.9. The number of hydrogen-bond donors (Lipinski definition) is 3. The van der Waals surface area contributed by atoms with Gasteiger partial charge in [0.1, 0.15) is 10.8 Å². The molecule has 1 atom stereocenters. The quantitative estimate of drug-likeness (QED) is 0.784. The van der Waals surface area contributed by atoms with Gasteiger partial charge in [-0.1, -0.05) is 18.2 Å². The largest absolute Gasteiger partial charge is 0.508 e. The smallest absolute Gasteiger partial charge is 0.355 e. The number of phenolic OH excluding ortho intramolecular Hbond substituents is 1. The van der Waals surface area contributed by atoms with Crippen molar-refractivity contribution in [1.82, 2.24) is 10.3 Å². The van der Waals surface area contributed by atoms with Crippen LogP contribution in [-0.2, 0) is 11.2 Å². The molecule has 2 rings (SSSR count). The first-order chi connectivity index (χ1) is 9.97. The maximum absolute atomic E-state index is 11.9. The Morgan fingerprint density at radius 2 is 2.10 bits per heavy atom. The van der Waals surface area contributed by atoms with Crippen molar-refractivity contribution in [2.24, 2.45) is 0 Å². The van der Waals surface area contributed by atoms with Crippen LogP contribution in [0, 0.1) is 0 Å². The lowest BCUT2D eigenvalue weighted by atomic mass is 10.1. The summed E-state index contributed by atoms with van der Waals surface area (Å²) in [5, 5.41) is 23.1. The molecule has 0 fully saturated rings. The average molecular weight is 306 g/mol. The fourth-order valence-electron chi connectivity index (χ4n) is 1.77. The highest BCUT2D eigenvalue weighted by Gasteiger charge is 2.16. The molecule has 3 N–H and O–H groups in total. The molecule has 1 heterocycles. The highest BCUT2D eigenvalue weighted by Crippen LogP contribution is 2.19. The molecule has 0 bridgehead atoms. The van der Waals surface area contributed by atoms with E-state index in [1.54, 1.807) is 25.1 Å². The summed E-state index contributed by atoms with van der Waals surface area (Å²) in [6.45, 7) is 1.73. The van der Waals surface area contributed by atoms with Gasteiger partial charge in [-0.05, 0) is 13.0 Å². The van der Waals surface area contributed by atoms with Crippen LogP contribution in [0.15, 0.2) is 29.6 Å². The number of nitrogens with zero attached hydrogens (tertiary/aromatic N) is 1. The van der Waals surface area contributed by atoms with E-state index in [1.807, 2.05) is 0 Å². The van der Waals surface area contributed by atoms with Gasteiger partial charge in [-0.25, -0.2) is 9.78 Å². The molecule has 0 spiro atoms. The molecule has 21 heavy (non-hydrogen) atoms. The second-order valence-electron chi connectivity index (χ2n) is 4.47. The van der Waals surface area contributed by atoms with E-state index in [0.717, 1.165) is 0 Å². The number of benzene rings is 1. The van der Waals surface area contributed by atoms with E-state index in [9.17, 15) is 14.7 Å². The Morgan fingerprint density at radius 1 is 1.38 bits per heavy atom. The lowest BCUT2D eigenvalue weighted by molar-refractivity contribution is -0.121. The van der Waals surface area contributed by atoms with Crippen molar-refractivity contribution in [2.45, 2.75) is 19.4 Å². The van der Waals surface area contributed by atoms with Gasteiger partial charge < -0.3 is 15.5 Å². The molecule has 0 radical (unpaired) electrons. The van der Waals surface area contributed by atoms with E-state index in [1.165, 1.54) is 22.8 Å². The number of phenols is 1. The molecule has 0 aliphatic carbocycles. The normalized spacial score (nSPS) is 11.9. The third-order valence-corrected chi connectivity index (χ3v) is 3.86. The molecule has 2 aromatic rings. The second kappa shape index (κ2) is 6.36. The van der Waals surface area contributed by atoms with Gasteiger partial charge in [-0.3, -0.25) is 4.79 Å². The maximum Gasteiger partial charge on any atom is 0.355 e. The molecule has 1 amide bonds. The highest BCUT2D eigenvalue weighted by molar-refractivity contribution is 7.09. The standard InChI is InChI=1S/C14H14N2O4S/c1-8(13-16-10(7-21-13)14(19)20)15-12(18)6-9-4-2-3-5-11(9)17/h2-5,7-8,17H,6H2,1H3,(H,15,18)(H,19,20). The number of carbonyl (C=O) groups is 2. The number of carbonyl (C=O) groups excluding carboxylic acids is 1. The lowest BCUT2D eigenvalue weighted by Crippen LogP contribution is -2.28. The monoisotopic (exact) mass is 306 g/mol. The van der Waals surface area contributed by atoms with Gasteiger partial charge in [-0.2, -0.15) is 0 Å². The molecule has 6 nitrogen and oxygen atoms in total. The number of aromatic hydroxyl groups is 1. The van der Waals surface area contributed by atoms with E-state index < -0.39 is 5.97 Å². The van der Waals surface area contributed by atoms with Crippen LogP contribution in [0.3, 0.4) is 0 Å². The molecule has 0 saturated carbocycles. The highest BCUT2D eigenvalue weighted by atomic mass is 32.1. The zero-order chi connectivity index (χ0) is 15.4. The average Bonchev–Trinajstić information content (AvgIpc) is 2.91. The van der Waals surface area contributed by atoms with Gasteiger partial charge in [0.05, 0.1) is 12.5 Å². The van der Waals surface area contributed by atoms with E-state index in [0.29, 0.717) is 10.6 Å². The van der Waals surface area contributed by atoms with Gasteiger partial charge in [0, 0.05) is 10.9 Å². The number of thiazole rings is 1. The van der Waals surface area contributed by atoms with Crippen molar-refractivity contribution in [1.29, 1.82) is 0 Å². The minimum atomic E-state index is -1.09. The van der Waals surface area contributed by atoms with Crippen molar-refractivity contribution >= 4 is 23.2 Å². The third kappa shape index (κ3) is 3.79. The van der Waals surface area contributed by atoms with E-state index in [-0.39, 0.29) is 29.8 Å². The van der Waals surface area contributed by atoms with Crippen molar-refractivity contribution in [3.63, 3.8) is 0 Å². The first-order valence-corrected chi connectivity index (χ1v) is 7.10. The molecule has 0 aliphatic rings. The van der Waals surface area contributed by atoms with Crippen molar-refractivity contribution < 1.29 is 19.8 Å². The minimum absolute atomic E-state index is 0.0307. The van der Waals surface area contributed by atoms with Gasteiger partial charge in [0.15, 0.2) is 5.69 Å². The molecule has 1 aromatic heterocycles. The Hall–Kier alpha value is -2.41. The number of carboxylic acid groups (broad SMARTS) is 1. The Bertz CT molecular complexity index is 668. The Balaban J connectivity index is 1.98. The predicted octanol–water partition coefficient (Wildman–Crippen LogP) is 1.97. The third-order valence-electron chi connectivity index (χ3n) is 2.83. The number of rotatable bonds is 5. The minimum Gasteiger partial charge on any atom is -0.508 e. The van der Waals surface area contributed by atoms with Crippen molar-refractivity contribution in [3.05, 3.63) is 45.9 Å². The second-order valence-corrected chi connectivity index (χ2v) is 5.36. The molecule has 0 saturated heterocycles. The summed E-state index contributed by atoms with van der Waals surface area (Å²) in [4.78, 5) is 26.6. The zero-order valence-electron chi connectivity index (χ0n) is 11.2. The Labute approximate surface area is 125 Å². The molecular weight excluding hydrogens is 292 g/mol. The van der Waals surface area contributed by atoms with Crippen LogP contribution in [0.2, 0.25) is 0 Å². The number of nitrogens with one attached hydrogen (secondary N) is 1. The number of aromatic nitrogens is 1. The Kier molecular flexibility index (Phi) is 4.54. The number of amides is 1. The van der Waals surface area contributed by atoms with Crippen LogP contribution in [0.25, 0.3) is 0 Å². The van der Waals surface area contributed by atoms with E-state index in [4.69, 9.17) is 5.11 Å². The summed E-state index contributed by atoms with van der Waals surface area (Å²) in [6.07, 6.45) is 0.0498. The van der Waals surface area contributed by atoms with Crippen LogP contribution in [0.1, 0.15) is 34.0 Å². The van der Waals surface area contributed by atoms with Crippen molar-refractivity contribution in [3.8, 4) is 5.75 Å². The first kappa shape index (κ1) is 15.0. The van der Waals surface area contributed by atoms with Gasteiger partial charge in [0.25, 0.3) is 0 Å². The number of carboxylic acids is 1. The fraction of sp³-hybridized carbons (Fsp3) is 0.214. The van der Waals surface area contributed by atoms with Crippen LogP contribution < -0.4 is 5.32 Å². The number of hydrogen-bond acceptors (Lipinski definition) is 5. The summed E-state index contributed by atoms with van der Waals surface area (Å²) < 4.78 is 0. The number of aromatic carboxylic acids is 1. The van der Waals surface area contributed by atoms with Crippen LogP contribution >= 0.6 is 11.3 Å². The Morgan fingerprint density at radius 3 is 2.71 bits per heavy atom. The molecule has 7 heteroatoms. The summed E-state index contributed by atoms with van der Waals surface area (Å²) in [6, 6.07) is 6.23. The predicted molar refractivity (Wildman–Crippen MR) is 77.4 cm³/mol. The first-order valence-electron chi connectivity index (χ1n) is 6.22. The molecular formula is C14H14N2O4S.